The number of rotatable bonds is 3. The summed E-state index contributed by atoms with van der Waals surface area (Å²) in [4.78, 5) is 13.7. The number of aliphatic hydroxyl groups is 3. The summed E-state index contributed by atoms with van der Waals surface area (Å²) in [5.74, 6) is -0.703. The van der Waals surface area contributed by atoms with E-state index in [2.05, 4.69) is 10.3 Å². The van der Waals surface area contributed by atoms with Crippen LogP contribution in [0.15, 0.2) is 6.20 Å². The monoisotopic (exact) mass is 256 g/mol. The van der Waals surface area contributed by atoms with Crippen molar-refractivity contribution in [2.75, 3.05) is 12.3 Å². The first-order chi connectivity index (χ1) is 8.47. The Hall–Kier alpha value is -1.61. The van der Waals surface area contributed by atoms with Gasteiger partial charge in [0.2, 0.25) is 0 Å². The lowest BCUT2D eigenvalue weighted by Crippen LogP contribution is -2.35. The number of hydrogen-bond acceptors (Lipinski definition) is 6. The summed E-state index contributed by atoms with van der Waals surface area (Å²) < 4.78 is 0. The number of carbonyl (C=O) groups is 1. The minimum atomic E-state index is -1.12. The Bertz CT molecular complexity index is 461. The van der Waals surface area contributed by atoms with Gasteiger partial charge >= 0.3 is 0 Å². The number of hydrogen-bond donors (Lipinski definition) is 7. The van der Waals surface area contributed by atoms with Crippen LogP contribution in [0.25, 0.3) is 0 Å². The molecule has 1 fully saturated rings. The van der Waals surface area contributed by atoms with Gasteiger partial charge in [-0.3, -0.25) is 4.79 Å². The predicted molar refractivity (Wildman–Crippen MR) is 62.5 cm³/mol. The zero-order valence-electron chi connectivity index (χ0n) is 9.50. The molecule has 18 heavy (non-hydrogen) atoms. The standard InChI is InChI=1S/C10H16N4O4/c11-5-3(1-13-7(5)10(12)18)6-9(17)8(16)4(2-15)14-6/h1,4,6,8-9,13-17H,2,11H2,(H2,12,18)/t4-,6+,8+,9-/m1/s1. The van der Waals surface area contributed by atoms with Crippen LogP contribution in [0.1, 0.15) is 22.1 Å². The Morgan fingerprint density at radius 2 is 2.06 bits per heavy atom. The third kappa shape index (κ3) is 1.85. The first-order valence-electron chi connectivity index (χ1n) is 5.47. The molecule has 1 saturated heterocycles. The van der Waals surface area contributed by atoms with Crippen molar-refractivity contribution in [2.24, 2.45) is 5.73 Å². The third-order valence-corrected chi connectivity index (χ3v) is 3.23. The molecule has 0 spiro atoms. The van der Waals surface area contributed by atoms with Gasteiger partial charge in [-0.1, -0.05) is 0 Å². The number of amides is 1. The molecular formula is C10H16N4O4. The summed E-state index contributed by atoms with van der Waals surface area (Å²) in [6, 6.07) is -1.31. The molecule has 0 saturated carbocycles. The fraction of sp³-hybridized carbons (Fsp3) is 0.500. The smallest absolute Gasteiger partial charge is 0.267 e. The molecule has 8 heteroatoms. The number of nitrogens with one attached hydrogen (secondary N) is 2. The minimum absolute atomic E-state index is 0.0564. The highest BCUT2D eigenvalue weighted by Gasteiger charge is 2.42. The minimum Gasteiger partial charge on any atom is -0.397 e. The summed E-state index contributed by atoms with van der Waals surface area (Å²) in [6.45, 7) is -0.318. The van der Waals surface area contributed by atoms with E-state index in [1.807, 2.05) is 0 Å². The zero-order valence-corrected chi connectivity index (χ0v) is 9.50. The first kappa shape index (κ1) is 12.8. The van der Waals surface area contributed by atoms with E-state index < -0.39 is 30.2 Å². The highest BCUT2D eigenvalue weighted by Crippen LogP contribution is 2.32. The van der Waals surface area contributed by atoms with Crippen LogP contribution in [0.3, 0.4) is 0 Å². The molecule has 8 nitrogen and oxygen atoms in total. The average molecular weight is 256 g/mol. The molecule has 0 bridgehead atoms. The molecule has 0 aliphatic carbocycles. The molecule has 100 valence electrons. The van der Waals surface area contributed by atoms with Crippen molar-refractivity contribution < 1.29 is 20.1 Å². The van der Waals surface area contributed by atoms with E-state index in [1.165, 1.54) is 6.20 Å². The van der Waals surface area contributed by atoms with Crippen LogP contribution in [0.2, 0.25) is 0 Å². The van der Waals surface area contributed by atoms with Crippen LogP contribution in [0, 0.1) is 0 Å². The molecule has 0 unspecified atom stereocenters. The number of primary amides is 1. The Morgan fingerprint density at radius 3 is 2.50 bits per heavy atom. The van der Waals surface area contributed by atoms with E-state index >= 15 is 0 Å². The van der Waals surface area contributed by atoms with Crippen LogP contribution in [0.5, 0.6) is 0 Å². The maximum Gasteiger partial charge on any atom is 0.267 e. The Morgan fingerprint density at radius 1 is 1.39 bits per heavy atom. The largest absolute Gasteiger partial charge is 0.397 e. The normalized spacial score (nSPS) is 31.7. The van der Waals surface area contributed by atoms with Crippen LogP contribution < -0.4 is 16.8 Å². The Kier molecular flexibility index (Phi) is 3.26. The first-order valence-corrected chi connectivity index (χ1v) is 5.47. The average Bonchev–Trinajstić information content (AvgIpc) is 2.82. The topological polar surface area (TPSA) is 158 Å². The second kappa shape index (κ2) is 4.58. The van der Waals surface area contributed by atoms with Crippen LogP contribution >= 0.6 is 0 Å². The SMILES string of the molecule is NC(=O)c1[nH]cc([C@@H]2N[C@H](CO)[C@H](O)[C@@H]2O)c1N. The van der Waals surface area contributed by atoms with Crippen molar-refractivity contribution in [3.63, 3.8) is 0 Å². The van der Waals surface area contributed by atoms with E-state index in [-0.39, 0.29) is 18.0 Å². The highest BCUT2D eigenvalue weighted by atomic mass is 16.3. The van der Waals surface area contributed by atoms with Crippen molar-refractivity contribution >= 4 is 11.6 Å². The number of nitrogens with two attached hydrogens (primary N) is 2. The van der Waals surface area contributed by atoms with Crippen molar-refractivity contribution in [1.82, 2.24) is 10.3 Å². The van der Waals surface area contributed by atoms with Gasteiger partial charge in [-0.15, -0.1) is 0 Å². The molecule has 1 aromatic heterocycles. The van der Waals surface area contributed by atoms with Gasteiger partial charge < -0.3 is 37.1 Å². The lowest BCUT2D eigenvalue weighted by molar-refractivity contribution is 0.0195. The molecule has 2 heterocycles. The number of aromatic nitrogens is 1. The second-order valence-corrected chi connectivity index (χ2v) is 4.31. The number of aliphatic hydroxyl groups excluding tert-OH is 3. The number of carbonyl (C=O) groups excluding carboxylic acids is 1. The van der Waals surface area contributed by atoms with Crippen LogP contribution in [-0.2, 0) is 0 Å². The molecule has 4 atom stereocenters. The lowest BCUT2D eigenvalue weighted by atomic mass is 10.0. The fourth-order valence-electron chi connectivity index (χ4n) is 2.21. The Labute approximate surface area is 103 Å². The molecule has 1 aromatic rings. The second-order valence-electron chi connectivity index (χ2n) is 4.31. The lowest BCUT2D eigenvalue weighted by Gasteiger charge is -2.15. The summed E-state index contributed by atoms with van der Waals surface area (Å²) >= 11 is 0. The summed E-state index contributed by atoms with van der Waals surface area (Å²) in [5, 5.41) is 31.4. The maximum atomic E-state index is 11.1. The third-order valence-electron chi connectivity index (χ3n) is 3.23. The van der Waals surface area contributed by atoms with Crippen molar-refractivity contribution in [3.8, 4) is 0 Å². The molecule has 1 aliphatic rings. The van der Waals surface area contributed by atoms with Gasteiger partial charge in [0.05, 0.1) is 30.5 Å². The van der Waals surface area contributed by atoms with Gasteiger partial charge in [0.1, 0.15) is 11.8 Å². The van der Waals surface area contributed by atoms with Crippen molar-refractivity contribution in [3.05, 3.63) is 17.5 Å². The van der Waals surface area contributed by atoms with Gasteiger partial charge in [-0.25, -0.2) is 0 Å². The van der Waals surface area contributed by atoms with E-state index in [0.29, 0.717) is 5.56 Å². The van der Waals surface area contributed by atoms with Gasteiger partial charge in [-0.2, -0.15) is 0 Å². The quantitative estimate of drug-likeness (QED) is 0.315. The summed E-state index contributed by atoms with van der Waals surface area (Å²) in [5.41, 5.74) is 11.5. The van der Waals surface area contributed by atoms with Gasteiger partial charge in [-0.05, 0) is 0 Å². The zero-order chi connectivity index (χ0) is 13.4. The highest BCUT2D eigenvalue weighted by molar-refractivity contribution is 5.97. The van der Waals surface area contributed by atoms with E-state index in [0.717, 1.165) is 0 Å². The van der Waals surface area contributed by atoms with Gasteiger partial charge in [0, 0.05) is 11.8 Å². The molecule has 9 N–H and O–H groups in total. The van der Waals surface area contributed by atoms with Crippen LogP contribution in [-0.4, -0.2) is 51.1 Å². The number of nitrogen functional groups attached to an aromatic ring is 1. The molecule has 1 aliphatic heterocycles. The van der Waals surface area contributed by atoms with E-state index in [1.54, 1.807) is 0 Å². The van der Waals surface area contributed by atoms with Crippen molar-refractivity contribution in [1.29, 1.82) is 0 Å². The number of anilines is 1. The summed E-state index contributed by atoms with van der Waals surface area (Å²) in [7, 11) is 0. The molecular weight excluding hydrogens is 240 g/mol. The molecule has 0 radical (unpaired) electrons. The summed E-state index contributed by atoms with van der Waals surface area (Å²) in [6.07, 6.45) is -0.782. The maximum absolute atomic E-state index is 11.1. The van der Waals surface area contributed by atoms with Crippen LogP contribution in [0.4, 0.5) is 5.69 Å². The predicted octanol–water partition coefficient (Wildman–Crippen LogP) is -2.58. The van der Waals surface area contributed by atoms with E-state index in [4.69, 9.17) is 16.6 Å². The van der Waals surface area contributed by atoms with Gasteiger partial charge in [0.25, 0.3) is 5.91 Å². The Balaban J connectivity index is 2.30. The number of aromatic amines is 1. The fourth-order valence-corrected chi connectivity index (χ4v) is 2.21. The number of H-pyrrole nitrogens is 1. The van der Waals surface area contributed by atoms with Gasteiger partial charge in [0.15, 0.2) is 0 Å². The molecule has 0 aromatic carbocycles. The molecule has 2 rings (SSSR count). The van der Waals surface area contributed by atoms with E-state index in [9.17, 15) is 15.0 Å². The van der Waals surface area contributed by atoms with Crippen molar-refractivity contribution in [2.45, 2.75) is 24.3 Å². The molecule has 1 amide bonds.